The second kappa shape index (κ2) is 4.86. The summed E-state index contributed by atoms with van der Waals surface area (Å²) < 4.78 is 4.21. The number of hydrogen-bond donors (Lipinski definition) is 0. The topological polar surface area (TPSA) is 48.0 Å². The molecular weight excluding hydrogens is 262 g/mol. The summed E-state index contributed by atoms with van der Waals surface area (Å²) >= 11 is 0. The molecule has 0 unspecified atom stereocenters. The minimum atomic E-state index is 0.725. The average Bonchev–Trinajstić information content (AvgIpc) is 3.16. The van der Waals surface area contributed by atoms with Crippen LogP contribution in [0.3, 0.4) is 0 Å². The average molecular weight is 275 g/mol. The van der Waals surface area contributed by atoms with Crippen LogP contribution in [0, 0.1) is 0 Å². The molecule has 21 heavy (non-hydrogen) atoms. The molecule has 0 aliphatic heterocycles. The van der Waals surface area contributed by atoms with Crippen LogP contribution in [0.4, 0.5) is 0 Å². The predicted molar refractivity (Wildman–Crippen MR) is 79.8 cm³/mol. The van der Waals surface area contributed by atoms with Crippen LogP contribution in [0.1, 0.15) is 5.69 Å². The molecule has 0 spiro atoms. The summed E-state index contributed by atoms with van der Waals surface area (Å²) in [6.45, 7) is 0.725. The van der Waals surface area contributed by atoms with Gasteiger partial charge in [-0.25, -0.2) is 9.97 Å². The van der Waals surface area contributed by atoms with Crippen molar-refractivity contribution < 1.29 is 0 Å². The van der Waals surface area contributed by atoms with Crippen LogP contribution in [0.5, 0.6) is 0 Å². The quantitative estimate of drug-likeness (QED) is 0.577. The summed E-state index contributed by atoms with van der Waals surface area (Å²) in [4.78, 5) is 12.9. The smallest absolute Gasteiger partial charge is 0.140 e. The van der Waals surface area contributed by atoms with Gasteiger partial charge in [0.2, 0.25) is 0 Å². The number of fused-ring (bicyclic) bond motifs is 1. The molecule has 0 aliphatic carbocycles. The van der Waals surface area contributed by atoms with Gasteiger partial charge in [-0.05, 0) is 24.3 Å². The van der Waals surface area contributed by atoms with E-state index in [-0.39, 0.29) is 0 Å². The molecule has 102 valence electrons. The van der Waals surface area contributed by atoms with Gasteiger partial charge >= 0.3 is 0 Å². The monoisotopic (exact) mass is 275 g/mol. The molecule has 0 saturated heterocycles. The molecule has 4 rings (SSSR count). The molecule has 0 atom stereocenters. The zero-order chi connectivity index (χ0) is 14.1. The highest BCUT2D eigenvalue weighted by Gasteiger charge is 2.08. The zero-order valence-electron chi connectivity index (χ0n) is 11.3. The maximum Gasteiger partial charge on any atom is 0.140 e. The molecule has 4 aromatic rings. The van der Waals surface area contributed by atoms with Crippen LogP contribution >= 0.6 is 0 Å². The molecule has 0 saturated carbocycles. The normalized spacial score (nSPS) is 11.0. The van der Waals surface area contributed by atoms with Gasteiger partial charge in [0, 0.05) is 36.5 Å². The third-order valence-corrected chi connectivity index (χ3v) is 3.48. The summed E-state index contributed by atoms with van der Waals surface area (Å²) in [5.41, 5.74) is 3.14. The Balaban J connectivity index is 1.74. The lowest BCUT2D eigenvalue weighted by molar-refractivity contribution is 0.773. The van der Waals surface area contributed by atoms with Crippen molar-refractivity contribution in [1.82, 2.24) is 23.9 Å². The molecule has 5 nitrogen and oxygen atoms in total. The van der Waals surface area contributed by atoms with Crippen LogP contribution in [0.15, 0.2) is 67.5 Å². The third kappa shape index (κ3) is 2.08. The van der Waals surface area contributed by atoms with E-state index < -0.39 is 0 Å². The van der Waals surface area contributed by atoms with Gasteiger partial charge in [-0.1, -0.05) is 6.07 Å². The number of rotatable bonds is 3. The summed E-state index contributed by atoms with van der Waals surface area (Å²) in [6.07, 6.45) is 11.3. The summed E-state index contributed by atoms with van der Waals surface area (Å²) in [7, 11) is 0. The van der Waals surface area contributed by atoms with Gasteiger partial charge in [-0.15, -0.1) is 0 Å². The molecular formula is C16H13N5. The van der Waals surface area contributed by atoms with Crippen molar-refractivity contribution in [2.24, 2.45) is 0 Å². The molecule has 0 aromatic carbocycles. The lowest BCUT2D eigenvalue weighted by Crippen LogP contribution is -2.03. The van der Waals surface area contributed by atoms with Gasteiger partial charge < -0.3 is 8.97 Å². The Morgan fingerprint density at radius 2 is 1.81 bits per heavy atom. The maximum absolute atomic E-state index is 4.45. The van der Waals surface area contributed by atoms with E-state index in [9.17, 15) is 0 Å². The molecule has 0 radical (unpaired) electrons. The number of nitrogens with zero attached hydrogens (tertiary/aromatic N) is 5. The van der Waals surface area contributed by atoms with Crippen LogP contribution in [-0.4, -0.2) is 23.9 Å². The first-order valence-corrected chi connectivity index (χ1v) is 6.74. The number of aromatic nitrogens is 5. The molecule has 4 aromatic heterocycles. The summed E-state index contributed by atoms with van der Waals surface area (Å²) in [5, 5.41) is 0. The molecule has 0 N–H and O–H groups in total. The third-order valence-electron chi connectivity index (χ3n) is 3.48. The van der Waals surface area contributed by atoms with E-state index in [0.717, 1.165) is 29.3 Å². The first kappa shape index (κ1) is 11.8. The van der Waals surface area contributed by atoms with Crippen LogP contribution in [-0.2, 0) is 6.54 Å². The van der Waals surface area contributed by atoms with E-state index in [1.54, 1.807) is 12.4 Å². The second-order valence-corrected chi connectivity index (χ2v) is 4.79. The fraction of sp³-hybridized carbons (Fsp3) is 0.0625. The van der Waals surface area contributed by atoms with Crippen molar-refractivity contribution in [2.45, 2.75) is 6.54 Å². The van der Waals surface area contributed by atoms with Crippen molar-refractivity contribution in [1.29, 1.82) is 0 Å². The first-order chi connectivity index (χ1) is 10.4. The van der Waals surface area contributed by atoms with E-state index >= 15 is 0 Å². The fourth-order valence-corrected chi connectivity index (χ4v) is 2.47. The Bertz CT molecular complexity index is 876. The predicted octanol–water partition coefficient (Wildman–Crippen LogP) is 2.64. The highest BCUT2D eigenvalue weighted by atomic mass is 15.1. The SMILES string of the molecule is c1ccn2c(Cn3ccnc3-c3ccncc3)cnc2c1. The highest BCUT2D eigenvalue weighted by molar-refractivity contribution is 5.54. The van der Waals surface area contributed by atoms with Gasteiger partial charge in [-0.2, -0.15) is 0 Å². The molecule has 5 heteroatoms. The molecule has 0 aliphatic rings. The van der Waals surface area contributed by atoms with Crippen molar-refractivity contribution >= 4 is 5.65 Å². The maximum atomic E-state index is 4.45. The van der Waals surface area contributed by atoms with Gasteiger partial charge in [0.1, 0.15) is 11.5 Å². The number of pyridine rings is 2. The van der Waals surface area contributed by atoms with Gasteiger partial charge in [0.15, 0.2) is 0 Å². The minimum absolute atomic E-state index is 0.725. The molecule has 0 bridgehead atoms. The van der Waals surface area contributed by atoms with E-state index in [2.05, 4.69) is 23.9 Å². The lowest BCUT2D eigenvalue weighted by atomic mass is 10.2. The van der Waals surface area contributed by atoms with Gasteiger partial charge in [-0.3, -0.25) is 4.98 Å². The Morgan fingerprint density at radius 3 is 2.71 bits per heavy atom. The van der Waals surface area contributed by atoms with E-state index in [1.165, 1.54) is 0 Å². The van der Waals surface area contributed by atoms with Crippen molar-refractivity contribution in [3.8, 4) is 11.4 Å². The first-order valence-electron chi connectivity index (χ1n) is 6.74. The van der Waals surface area contributed by atoms with Crippen molar-refractivity contribution in [3.63, 3.8) is 0 Å². The second-order valence-electron chi connectivity index (χ2n) is 4.79. The fourth-order valence-electron chi connectivity index (χ4n) is 2.47. The standard InChI is InChI=1S/C16H13N5/c1-2-9-21-14(11-19-15(21)3-1)12-20-10-8-18-16(20)13-4-6-17-7-5-13/h1-11H,12H2. The Labute approximate surface area is 121 Å². The van der Waals surface area contributed by atoms with Crippen LogP contribution in [0.25, 0.3) is 17.0 Å². The largest absolute Gasteiger partial charge is 0.325 e. The van der Waals surface area contributed by atoms with Crippen LogP contribution in [0.2, 0.25) is 0 Å². The van der Waals surface area contributed by atoms with E-state index in [1.807, 2.05) is 55.1 Å². The molecule has 0 fully saturated rings. The minimum Gasteiger partial charge on any atom is -0.325 e. The summed E-state index contributed by atoms with van der Waals surface area (Å²) in [5.74, 6) is 0.934. The Hall–Kier alpha value is -2.95. The Kier molecular flexibility index (Phi) is 2.74. The van der Waals surface area contributed by atoms with Crippen molar-refractivity contribution in [2.75, 3.05) is 0 Å². The molecule has 4 heterocycles. The number of hydrogen-bond acceptors (Lipinski definition) is 3. The van der Waals surface area contributed by atoms with Gasteiger partial charge in [0.05, 0.1) is 18.4 Å². The lowest BCUT2D eigenvalue weighted by Gasteiger charge is -2.07. The van der Waals surface area contributed by atoms with E-state index in [0.29, 0.717) is 0 Å². The van der Waals surface area contributed by atoms with Gasteiger partial charge in [0.25, 0.3) is 0 Å². The Morgan fingerprint density at radius 1 is 0.905 bits per heavy atom. The highest BCUT2D eigenvalue weighted by Crippen LogP contribution is 2.18. The zero-order valence-corrected chi connectivity index (χ0v) is 11.3. The van der Waals surface area contributed by atoms with E-state index in [4.69, 9.17) is 0 Å². The van der Waals surface area contributed by atoms with Crippen molar-refractivity contribution in [3.05, 3.63) is 73.2 Å². The summed E-state index contributed by atoms with van der Waals surface area (Å²) in [6, 6.07) is 9.93. The van der Waals surface area contributed by atoms with Crippen LogP contribution < -0.4 is 0 Å². The number of imidazole rings is 2. The molecule has 0 amide bonds.